The van der Waals surface area contributed by atoms with Crippen LogP contribution in [0.2, 0.25) is 0 Å². The monoisotopic (exact) mass is 269 g/mol. The van der Waals surface area contributed by atoms with Crippen molar-refractivity contribution in [2.24, 2.45) is 5.92 Å². The largest absolute Gasteiger partial charge is 0.313 e. The van der Waals surface area contributed by atoms with Crippen LogP contribution < -0.4 is 5.32 Å². The Morgan fingerprint density at radius 2 is 1.67 bits per heavy atom. The van der Waals surface area contributed by atoms with Crippen molar-refractivity contribution >= 4 is 9.84 Å². The molecule has 0 saturated heterocycles. The number of aryl methyl sites for hydroxylation is 1. The first-order chi connectivity index (χ1) is 8.33. The molecule has 1 atom stereocenters. The molecule has 1 aromatic carbocycles. The van der Waals surface area contributed by atoms with Gasteiger partial charge in [-0.25, -0.2) is 8.42 Å². The second-order valence-electron chi connectivity index (χ2n) is 5.12. The van der Waals surface area contributed by atoms with Gasteiger partial charge in [-0.3, -0.25) is 0 Å². The summed E-state index contributed by atoms with van der Waals surface area (Å²) >= 11 is 0. The van der Waals surface area contributed by atoms with E-state index in [2.05, 4.69) is 26.1 Å². The predicted molar refractivity (Wildman–Crippen MR) is 75.5 cm³/mol. The van der Waals surface area contributed by atoms with Crippen LogP contribution in [0.15, 0.2) is 29.2 Å². The van der Waals surface area contributed by atoms with Crippen molar-refractivity contribution in [2.75, 3.05) is 12.3 Å². The highest BCUT2D eigenvalue weighted by Gasteiger charge is 2.14. The highest BCUT2D eigenvalue weighted by atomic mass is 32.2. The van der Waals surface area contributed by atoms with Gasteiger partial charge in [0.1, 0.15) is 0 Å². The van der Waals surface area contributed by atoms with Crippen LogP contribution >= 0.6 is 0 Å². The predicted octanol–water partition coefficient (Wildman–Crippen LogP) is 2.40. The van der Waals surface area contributed by atoms with Crippen LogP contribution in [0.4, 0.5) is 0 Å². The molecule has 0 saturated carbocycles. The molecule has 0 aliphatic heterocycles. The van der Waals surface area contributed by atoms with E-state index >= 15 is 0 Å². The SMILES string of the molecule is Cc1ccc(S(=O)(=O)CCNC(C)C(C)C)cc1. The molecular formula is C14H23NO2S. The number of hydrogen-bond donors (Lipinski definition) is 1. The smallest absolute Gasteiger partial charge is 0.179 e. The average molecular weight is 269 g/mol. The van der Waals surface area contributed by atoms with E-state index in [0.717, 1.165) is 5.56 Å². The van der Waals surface area contributed by atoms with Gasteiger partial charge in [0.2, 0.25) is 0 Å². The summed E-state index contributed by atoms with van der Waals surface area (Å²) in [5.41, 5.74) is 1.07. The molecule has 1 aromatic rings. The van der Waals surface area contributed by atoms with E-state index in [1.807, 2.05) is 19.1 Å². The van der Waals surface area contributed by atoms with Crippen molar-refractivity contribution in [3.8, 4) is 0 Å². The molecule has 0 aliphatic carbocycles. The molecule has 0 bridgehead atoms. The van der Waals surface area contributed by atoms with Crippen LogP contribution in [0.3, 0.4) is 0 Å². The van der Waals surface area contributed by atoms with Crippen molar-refractivity contribution in [1.29, 1.82) is 0 Å². The fraction of sp³-hybridized carbons (Fsp3) is 0.571. The van der Waals surface area contributed by atoms with Gasteiger partial charge in [-0.15, -0.1) is 0 Å². The highest BCUT2D eigenvalue weighted by Crippen LogP contribution is 2.11. The van der Waals surface area contributed by atoms with Gasteiger partial charge in [-0.2, -0.15) is 0 Å². The first kappa shape index (κ1) is 15.2. The van der Waals surface area contributed by atoms with Crippen LogP contribution in [0, 0.1) is 12.8 Å². The second-order valence-corrected chi connectivity index (χ2v) is 7.23. The fourth-order valence-corrected chi connectivity index (χ4v) is 2.69. The summed E-state index contributed by atoms with van der Waals surface area (Å²) in [5.74, 6) is 0.653. The van der Waals surface area contributed by atoms with Crippen LogP contribution in [0.5, 0.6) is 0 Å². The normalized spacial score (nSPS) is 13.8. The van der Waals surface area contributed by atoms with Gasteiger partial charge in [0.15, 0.2) is 9.84 Å². The fourth-order valence-electron chi connectivity index (χ4n) is 1.52. The molecule has 0 amide bonds. The van der Waals surface area contributed by atoms with E-state index in [1.165, 1.54) is 0 Å². The van der Waals surface area contributed by atoms with Crippen LogP contribution in [0.1, 0.15) is 26.3 Å². The molecule has 0 aromatic heterocycles. The van der Waals surface area contributed by atoms with Gasteiger partial charge < -0.3 is 5.32 Å². The Kier molecular flexibility index (Phi) is 5.35. The van der Waals surface area contributed by atoms with E-state index < -0.39 is 9.84 Å². The Morgan fingerprint density at radius 3 is 2.17 bits per heavy atom. The summed E-state index contributed by atoms with van der Waals surface area (Å²) < 4.78 is 24.1. The molecule has 1 N–H and O–H groups in total. The summed E-state index contributed by atoms with van der Waals surface area (Å²) in [5, 5.41) is 3.24. The Morgan fingerprint density at radius 1 is 1.11 bits per heavy atom. The molecule has 0 aliphatic rings. The zero-order valence-corrected chi connectivity index (χ0v) is 12.4. The third-order valence-electron chi connectivity index (χ3n) is 3.22. The molecule has 18 heavy (non-hydrogen) atoms. The molecule has 1 rings (SSSR count). The molecule has 4 heteroatoms. The molecule has 0 spiro atoms. The van der Waals surface area contributed by atoms with Crippen molar-refractivity contribution in [3.63, 3.8) is 0 Å². The molecule has 0 heterocycles. The molecule has 0 fully saturated rings. The van der Waals surface area contributed by atoms with Crippen LogP contribution in [0.25, 0.3) is 0 Å². The number of nitrogens with one attached hydrogen (secondary N) is 1. The molecule has 3 nitrogen and oxygen atoms in total. The lowest BCUT2D eigenvalue weighted by molar-refractivity contribution is 0.437. The summed E-state index contributed by atoms with van der Waals surface area (Å²) in [7, 11) is -3.16. The molecule has 1 unspecified atom stereocenters. The average Bonchev–Trinajstić information content (AvgIpc) is 2.29. The van der Waals surface area contributed by atoms with Gasteiger partial charge in [-0.05, 0) is 31.9 Å². The summed E-state index contributed by atoms with van der Waals surface area (Å²) in [6.45, 7) is 8.75. The molecule has 0 radical (unpaired) electrons. The van der Waals surface area contributed by atoms with Crippen LogP contribution in [-0.2, 0) is 9.84 Å². The van der Waals surface area contributed by atoms with Crippen molar-refractivity contribution in [3.05, 3.63) is 29.8 Å². The van der Waals surface area contributed by atoms with E-state index in [-0.39, 0.29) is 5.75 Å². The van der Waals surface area contributed by atoms with Gasteiger partial charge in [0.25, 0.3) is 0 Å². The van der Waals surface area contributed by atoms with Crippen LogP contribution in [-0.4, -0.2) is 26.8 Å². The zero-order chi connectivity index (χ0) is 13.8. The Hall–Kier alpha value is -0.870. The van der Waals surface area contributed by atoms with E-state index in [1.54, 1.807) is 12.1 Å². The van der Waals surface area contributed by atoms with E-state index in [9.17, 15) is 8.42 Å². The van der Waals surface area contributed by atoms with Crippen molar-refractivity contribution in [1.82, 2.24) is 5.32 Å². The van der Waals surface area contributed by atoms with Gasteiger partial charge in [0.05, 0.1) is 10.6 Å². The van der Waals surface area contributed by atoms with Crippen molar-refractivity contribution in [2.45, 2.75) is 38.6 Å². The number of rotatable bonds is 6. The van der Waals surface area contributed by atoms with Gasteiger partial charge >= 0.3 is 0 Å². The maximum atomic E-state index is 12.1. The lowest BCUT2D eigenvalue weighted by atomic mass is 10.1. The Bertz CT molecular complexity index is 463. The third-order valence-corrected chi connectivity index (χ3v) is 4.95. The quantitative estimate of drug-likeness (QED) is 0.862. The number of benzene rings is 1. The van der Waals surface area contributed by atoms with E-state index in [4.69, 9.17) is 0 Å². The van der Waals surface area contributed by atoms with E-state index in [0.29, 0.717) is 23.4 Å². The van der Waals surface area contributed by atoms with Gasteiger partial charge in [0, 0.05) is 12.6 Å². The summed E-state index contributed by atoms with van der Waals surface area (Å²) in [6.07, 6.45) is 0. The Balaban J connectivity index is 2.58. The minimum atomic E-state index is -3.16. The maximum absolute atomic E-state index is 12.1. The topological polar surface area (TPSA) is 46.2 Å². The lowest BCUT2D eigenvalue weighted by Gasteiger charge is -2.17. The molecule has 102 valence electrons. The summed E-state index contributed by atoms with van der Waals surface area (Å²) in [6, 6.07) is 7.35. The Labute approximate surface area is 111 Å². The number of sulfone groups is 1. The molecular weight excluding hydrogens is 246 g/mol. The zero-order valence-electron chi connectivity index (χ0n) is 11.6. The summed E-state index contributed by atoms with van der Waals surface area (Å²) in [4.78, 5) is 0.409. The van der Waals surface area contributed by atoms with Crippen molar-refractivity contribution < 1.29 is 8.42 Å². The lowest BCUT2D eigenvalue weighted by Crippen LogP contribution is -2.34. The highest BCUT2D eigenvalue weighted by molar-refractivity contribution is 7.91. The minimum absolute atomic E-state index is 0.146. The third kappa shape index (κ3) is 4.42. The number of hydrogen-bond acceptors (Lipinski definition) is 3. The second kappa shape index (κ2) is 6.34. The minimum Gasteiger partial charge on any atom is -0.313 e. The first-order valence-corrected chi connectivity index (χ1v) is 8.01. The first-order valence-electron chi connectivity index (χ1n) is 6.36. The maximum Gasteiger partial charge on any atom is 0.179 e. The van der Waals surface area contributed by atoms with Gasteiger partial charge in [-0.1, -0.05) is 31.5 Å². The standard InChI is InChI=1S/C14H23NO2S/c1-11(2)13(4)15-9-10-18(16,17)14-7-5-12(3)6-8-14/h5-8,11,13,15H,9-10H2,1-4H3.